The lowest BCUT2D eigenvalue weighted by Crippen LogP contribution is -2.50. The molecular formula is C23H29N5O2. The number of carbonyl (C=O) groups excluding carboxylic acids is 2. The van der Waals surface area contributed by atoms with Crippen molar-refractivity contribution < 1.29 is 9.59 Å². The van der Waals surface area contributed by atoms with E-state index in [1.165, 1.54) is 0 Å². The molecule has 2 fully saturated rings. The highest BCUT2D eigenvalue weighted by Crippen LogP contribution is 2.24. The second-order valence-corrected chi connectivity index (χ2v) is 8.06. The zero-order valence-electron chi connectivity index (χ0n) is 17.3. The number of carbonyl (C=O) groups is 2. The Morgan fingerprint density at radius 2 is 1.67 bits per heavy atom. The molecule has 7 nitrogen and oxygen atoms in total. The van der Waals surface area contributed by atoms with Crippen molar-refractivity contribution in [1.29, 1.82) is 0 Å². The van der Waals surface area contributed by atoms with E-state index in [0.717, 1.165) is 31.4 Å². The maximum absolute atomic E-state index is 13.1. The van der Waals surface area contributed by atoms with Crippen LogP contribution in [0.5, 0.6) is 0 Å². The first kappa shape index (κ1) is 20.3. The van der Waals surface area contributed by atoms with Crippen molar-refractivity contribution in [3.05, 3.63) is 54.4 Å². The predicted octanol–water partition coefficient (Wildman–Crippen LogP) is 2.34. The van der Waals surface area contributed by atoms with Gasteiger partial charge in [0.15, 0.2) is 0 Å². The monoisotopic (exact) mass is 407 g/mol. The Kier molecular flexibility index (Phi) is 6.57. The van der Waals surface area contributed by atoms with Gasteiger partial charge >= 0.3 is 0 Å². The molecule has 0 spiro atoms. The number of amides is 2. The predicted molar refractivity (Wildman–Crippen MR) is 115 cm³/mol. The zero-order chi connectivity index (χ0) is 20.8. The third kappa shape index (κ3) is 4.96. The number of nitrogens with zero attached hydrogens (tertiary/aromatic N) is 5. The number of aromatic nitrogens is 2. The van der Waals surface area contributed by atoms with E-state index in [2.05, 4.69) is 14.9 Å². The molecule has 158 valence electrons. The van der Waals surface area contributed by atoms with Gasteiger partial charge in [0.25, 0.3) is 0 Å². The Balaban J connectivity index is 1.32. The molecule has 1 aromatic heterocycles. The van der Waals surface area contributed by atoms with Crippen molar-refractivity contribution in [1.82, 2.24) is 19.8 Å². The van der Waals surface area contributed by atoms with Gasteiger partial charge in [-0.2, -0.15) is 0 Å². The number of likely N-dealkylation sites (tertiary alicyclic amines) is 1. The fourth-order valence-electron chi connectivity index (χ4n) is 4.29. The highest BCUT2D eigenvalue weighted by molar-refractivity contribution is 5.86. The Hall–Kier alpha value is -2.96. The molecule has 2 aliphatic rings. The topological polar surface area (TPSA) is 69.6 Å². The van der Waals surface area contributed by atoms with Gasteiger partial charge in [0.05, 0.1) is 0 Å². The molecule has 0 aliphatic carbocycles. The molecule has 7 heteroatoms. The average molecular weight is 408 g/mol. The molecule has 2 saturated heterocycles. The Morgan fingerprint density at radius 3 is 2.40 bits per heavy atom. The minimum Gasteiger partial charge on any atom is -0.339 e. The van der Waals surface area contributed by atoms with Gasteiger partial charge in [-0.25, -0.2) is 9.97 Å². The molecule has 2 aliphatic heterocycles. The van der Waals surface area contributed by atoms with Gasteiger partial charge in [0, 0.05) is 64.0 Å². The molecule has 2 amide bonds. The maximum atomic E-state index is 13.1. The quantitative estimate of drug-likeness (QED) is 0.761. The van der Waals surface area contributed by atoms with E-state index < -0.39 is 0 Å². The van der Waals surface area contributed by atoms with Crippen LogP contribution in [0.2, 0.25) is 0 Å². The van der Waals surface area contributed by atoms with Crippen molar-refractivity contribution in [2.45, 2.75) is 32.2 Å². The van der Waals surface area contributed by atoms with Gasteiger partial charge in [0.2, 0.25) is 17.8 Å². The van der Waals surface area contributed by atoms with E-state index >= 15 is 0 Å². The molecule has 1 atom stereocenters. The molecule has 30 heavy (non-hydrogen) atoms. The summed E-state index contributed by atoms with van der Waals surface area (Å²) in [6, 6.07) is 11.9. The highest BCUT2D eigenvalue weighted by atomic mass is 16.2. The van der Waals surface area contributed by atoms with Gasteiger partial charge in [-0.3, -0.25) is 9.59 Å². The molecule has 2 aromatic rings. The van der Waals surface area contributed by atoms with Gasteiger partial charge < -0.3 is 14.7 Å². The standard InChI is InChI=1S/C23H29N5O2/c29-21(26-13-15-27(16-14-26)23-24-10-6-11-25-23)17-20-9-4-5-12-28(22(20)30)18-19-7-2-1-3-8-19/h1-3,6-8,10-11,20H,4-5,9,12-18H2/t20-/m1/s1. The van der Waals surface area contributed by atoms with Crippen molar-refractivity contribution in [2.75, 3.05) is 37.6 Å². The van der Waals surface area contributed by atoms with Crippen LogP contribution in [0, 0.1) is 5.92 Å². The lowest BCUT2D eigenvalue weighted by Gasteiger charge is -2.35. The van der Waals surface area contributed by atoms with E-state index in [1.807, 2.05) is 40.1 Å². The minimum atomic E-state index is -0.209. The first-order valence-corrected chi connectivity index (χ1v) is 10.8. The average Bonchev–Trinajstić information content (AvgIpc) is 2.97. The second-order valence-electron chi connectivity index (χ2n) is 8.06. The Bertz CT molecular complexity index is 837. The fraction of sp³-hybridized carbons (Fsp3) is 0.478. The summed E-state index contributed by atoms with van der Waals surface area (Å²) in [7, 11) is 0. The van der Waals surface area contributed by atoms with Gasteiger partial charge in [0.1, 0.15) is 0 Å². The van der Waals surface area contributed by atoms with Crippen LogP contribution in [0.25, 0.3) is 0 Å². The van der Waals surface area contributed by atoms with Crippen LogP contribution in [0.15, 0.2) is 48.8 Å². The maximum Gasteiger partial charge on any atom is 0.226 e. The van der Waals surface area contributed by atoms with Crippen LogP contribution >= 0.6 is 0 Å². The van der Waals surface area contributed by atoms with Gasteiger partial charge in [-0.1, -0.05) is 36.8 Å². The molecule has 0 bridgehead atoms. The van der Waals surface area contributed by atoms with Crippen molar-refractivity contribution >= 4 is 17.8 Å². The molecule has 0 radical (unpaired) electrons. The smallest absolute Gasteiger partial charge is 0.226 e. The SMILES string of the molecule is O=C(C[C@H]1CCCCN(Cc2ccccc2)C1=O)N1CCN(c2ncccn2)CC1. The Morgan fingerprint density at radius 1 is 0.933 bits per heavy atom. The van der Waals surface area contributed by atoms with Crippen molar-refractivity contribution in [3.8, 4) is 0 Å². The number of rotatable bonds is 5. The summed E-state index contributed by atoms with van der Waals surface area (Å²) in [6.45, 7) is 4.12. The summed E-state index contributed by atoms with van der Waals surface area (Å²) in [4.78, 5) is 40.6. The highest BCUT2D eigenvalue weighted by Gasteiger charge is 2.31. The first-order valence-electron chi connectivity index (χ1n) is 10.8. The summed E-state index contributed by atoms with van der Waals surface area (Å²) in [5.41, 5.74) is 1.14. The summed E-state index contributed by atoms with van der Waals surface area (Å²) in [6.07, 6.45) is 6.57. The summed E-state index contributed by atoms with van der Waals surface area (Å²) < 4.78 is 0. The van der Waals surface area contributed by atoms with Crippen LogP contribution < -0.4 is 4.90 Å². The van der Waals surface area contributed by atoms with Crippen molar-refractivity contribution in [2.24, 2.45) is 5.92 Å². The van der Waals surface area contributed by atoms with E-state index in [1.54, 1.807) is 18.5 Å². The third-order valence-corrected chi connectivity index (χ3v) is 6.00. The number of piperazine rings is 1. The molecule has 0 unspecified atom stereocenters. The molecule has 0 saturated carbocycles. The van der Waals surface area contributed by atoms with Crippen LogP contribution in [-0.2, 0) is 16.1 Å². The van der Waals surface area contributed by atoms with Crippen LogP contribution in [0.3, 0.4) is 0 Å². The minimum absolute atomic E-state index is 0.0866. The van der Waals surface area contributed by atoms with Crippen LogP contribution in [-0.4, -0.2) is 64.3 Å². The van der Waals surface area contributed by atoms with E-state index in [-0.39, 0.29) is 17.7 Å². The van der Waals surface area contributed by atoms with E-state index in [0.29, 0.717) is 45.1 Å². The molecular weight excluding hydrogens is 378 g/mol. The van der Waals surface area contributed by atoms with Crippen LogP contribution in [0.1, 0.15) is 31.2 Å². The number of anilines is 1. The first-order chi connectivity index (χ1) is 14.7. The zero-order valence-corrected chi connectivity index (χ0v) is 17.3. The summed E-state index contributed by atoms with van der Waals surface area (Å²) in [5, 5.41) is 0. The normalized spacial score (nSPS) is 20.2. The number of hydrogen-bond donors (Lipinski definition) is 0. The van der Waals surface area contributed by atoms with Crippen molar-refractivity contribution in [3.63, 3.8) is 0 Å². The molecule has 0 N–H and O–H groups in total. The van der Waals surface area contributed by atoms with Crippen LogP contribution in [0.4, 0.5) is 5.95 Å². The third-order valence-electron chi connectivity index (χ3n) is 6.00. The Labute approximate surface area is 177 Å². The molecule has 1 aromatic carbocycles. The lowest BCUT2D eigenvalue weighted by atomic mass is 9.97. The fourth-order valence-corrected chi connectivity index (χ4v) is 4.29. The number of benzene rings is 1. The largest absolute Gasteiger partial charge is 0.339 e. The number of hydrogen-bond acceptors (Lipinski definition) is 5. The molecule has 3 heterocycles. The lowest BCUT2D eigenvalue weighted by molar-refractivity contribution is -0.141. The summed E-state index contributed by atoms with van der Waals surface area (Å²) >= 11 is 0. The van der Waals surface area contributed by atoms with Gasteiger partial charge in [-0.15, -0.1) is 0 Å². The van der Waals surface area contributed by atoms with Gasteiger partial charge in [-0.05, 0) is 24.5 Å². The molecule has 4 rings (SSSR count). The summed E-state index contributed by atoms with van der Waals surface area (Å²) in [5.74, 6) is 0.712. The second kappa shape index (κ2) is 9.69. The van der Waals surface area contributed by atoms with E-state index in [4.69, 9.17) is 0 Å². The van der Waals surface area contributed by atoms with E-state index in [9.17, 15) is 9.59 Å².